The summed E-state index contributed by atoms with van der Waals surface area (Å²) in [6.45, 7) is 0. The molecule has 1 atom stereocenters. The van der Waals surface area contributed by atoms with E-state index in [0.29, 0.717) is 0 Å². The van der Waals surface area contributed by atoms with Gasteiger partial charge in [0.25, 0.3) is 0 Å². The summed E-state index contributed by atoms with van der Waals surface area (Å²) in [4.78, 5) is 0. The molecule has 0 aliphatic heterocycles. The molecule has 0 unspecified atom stereocenters. The summed E-state index contributed by atoms with van der Waals surface area (Å²) in [7, 11) is 0. The Balaban J connectivity index is 3.09. The molecule has 0 amide bonds. The van der Waals surface area contributed by atoms with E-state index in [1.807, 2.05) is 18.2 Å². The predicted octanol–water partition coefficient (Wildman–Crippen LogP) is 1.38. The van der Waals surface area contributed by atoms with Crippen molar-refractivity contribution < 1.29 is 4.20 Å². The Bertz CT molecular complexity index is 254. The van der Waals surface area contributed by atoms with Gasteiger partial charge in [0.2, 0.25) is 0 Å². The summed E-state index contributed by atoms with van der Waals surface area (Å²) in [6.07, 6.45) is 0. The topological polar surface area (TPSA) is 0 Å². The van der Waals surface area contributed by atoms with Crippen LogP contribution in [0.4, 0.5) is 4.20 Å². The number of rotatable bonds is 1. The zero-order valence-corrected chi connectivity index (χ0v) is 9.35. The van der Waals surface area contributed by atoms with Gasteiger partial charge in [-0.3, -0.25) is 0 Å². The van der Waals surface area contributed by atoms with Gasteiger partial charge in [0.15, 0.2) is 0 Å². The van der Waals surface area contributed by atoms with Gasteiger partial charge < -0.3 is 0 Å². The van der Waals surface area contributed by atoms with Crippen LogP contribution in [-0.4, -0.2) is 30.7 Å². The SMILES string of the molecule is F[P@](=[Se])([Se-])c1ccccc1. The van der Waals surface area contributed by atoms with Crippen molar-refractivity contribution >= 4 is 40.5 Å². The van der Waals surface area contributed by atoms with Gasteiger partial charge in [-0.1, -0.05) is 0 Å². The normalized spacial score (nSPS) is 16.2. The van der Waals surface area contributed by atoms with Crippen molar-refractivity contribution in [3.05, 3.63) is 30.3 Å². The summed E-state index contributed by atoms with van der Waals surface area (Å²) >= 11 is 5.04. The minimum atomic E-state index is -2.52. The number of hydrogen-bond donors (Lipinski definition) is 0. The maximum atomic E-state index is 13.1. The molecule has 0 spiro atoms. The fraction of sp³-hybridized carbons (Fsp3) is 0. The Hall–Kier alpha value is 0.619. The molecule has 0 fully saturated rings. The first-order valence-electron chi connectivity index (χ1n) is 2.67. The molecule has 0 saturated heterocycles. The predicted molar refractivity (Wildman–Crippen MR) is 45.6 cm³/mol. The van der Waals surface area contributed by atoms with E-state index in [1.165, 1.54) is 0 Å². The number of hydrogen-bond acceptors (Lipinski definition) is 0. The molecule has 1 aromatic carbocycles. The van der Waals surface area contributed by atoms with Gasteiger partial charge in [-0.05, 0) is 0 Å². The van der Waals surface area contributed by atoms with Crippen molar-refractivity contribution in [2.45, 2.75) is 0 Å². The second-order valence-corrected chi connectivity index (χ2v) is 13.1. The first kappa shape index (κ1) is 8.71. The van der Waals surface area contributed by atoms with Crippen LogP contribution < -0.4 is 5.30 Å². The van der Waals surface area contributed by atoms with E-state index in [0.717, 1.165) is 5.30 Å². The Morgan fingerprint density at radius 3 is 2.10 bits per heavy atom. The standard InChI is InChI=1S/C6H6FPSe2/c7-8(9,10)6-4-2-1-3-5-6/h1-5H,(H,9,10)/p-1. The van der Waals surface area contributed by atoms with Gasteiger partial charge in [0.1, 0.15) is 0 Å². The molecule has 0 nitrogen and oxygen atoms in total. The first-order valence-corrected chi connectivity index (χ1v) is 8.78. The molecule has 0 heterocycles. The summed E-state index contributed by atoms with van der Waals surface area (Å²) in [5.41, 5.74) is 0. The molecule has 54 valence electrons. The van der Waals surface area contributed by atoms with Gasteiger partial charge >= 0.3 is 75.0 Å². The average molecular weight is 285 g/mol. The van der Waals surface area contributed by atoms with Gasteiger partial charge in [-0.2, -0.15) is 0 Å². The Labute approximate surface area is 75.0 Å². The third kappa shape index (κ3) is 2.34. The molecule has 1 rings (SSSR count). The molecule has 0 bridgehead atoms. The van der Waals surface area contributed by atoms with Crippen LogP contribution in [0.2, 0.25) is 0 Å². The van der Waals surface area contributed by atoms with Crippen molar-refractivity contribution in [1.82, 2.24) is 0 Å². The Morgan fingerprint density at radius 1 is 1.30 bits per heavy atom. The summed E-state index contributed by atoms with van der Waals surface area (Å²) in [6, 6.07) is 9.09. The molecular weight excluding hydrogens is 280 g/mol. The van der Waals surface area contributed by atoms with Crippen molar-refractivity contribution in [1.29, 1.82) is 0 Å². The van der Waals surface area contributed by atoms with Gasteiger partial charge in [0, 0.05) is 0 Å². The Morgan fingerprint density at radius 2 is 1.80 bits per heavy atom. The molecule has 0 saturated carbocycles. The van der Waals surface area contributed by atoms with Crippen molar-refractivity contribution in [3.8, 4) is 0 Å². The molecule has 0 aromatic heterocycles. The molecule has 0 aliphatic carbocycles. The first-order chi connectivity index (χ1) is 4.61. The molecule has 10 heavy (non-hydrogen) atoms. The second kappa shape index (κ2) is 3.34. The van der Waals surface area contributed by atoms with Gasteiger partial charge in [0.05, 0.1) is 0 Å². The fourth-order valence-electron chi connectivity index (χ4n) is 0.606. The van der Waals surface area contributed by atoms with Gasteiger partial charge in [-0.25, -0.2) is 0 Å². The third-order valence-electron chi connectivity index (χ3n) is 1.06. The van der Waals surface area contributed by atoms with E-state index in [9.17, 15) is 4.20 Å². The van der Waals surface area contributed by atoms with Crippen LogP contribution >= 0.6 is 4.51 Å². The minimum absolute atomic E-state index is 0.731. The van der Waals surface area contributed by atoms with Crippen LogP contribution in [0.1, 0.15) is 0 Å². The zero-order valence-electron chi connectivity index (χ0n) is 5.03. The number of halogens is 1. The van der Waals surface area contributed by atoms with E-state index in [1.54, 1.807) is 12.1 Å². The van der Waals surface area contributed by atoms with Crippen LogP contribution in [0.3, 0.4) is 0 Å². The Kier molecular flexibility index (Phi) is 2.91. The van der Waals surface area contributed by atoms with E-state index in [4.69, 9.17) is 0 Å². The van der Waals surface area contributed by atoms with Gasteiger partial charge in [-0.15, -0.1) is 0 Å². The van der Waals surface area contributed by atoms with Crippen molar-refractivity contribution in [3.63, 3.8) is 0 Å². The van der Waals surface area contributed by atoms with E-state index in [2.05, 4.69) is 30.7 Å². The van der Waals surface area contributed by atoms with Crippen molar-refractivity contribution in [2.24, 2.45) is 0 Å². The summed E-state index contributed by atoms with van der Waals surface area (Å²) < 4.78 is 10.6. The molecular formula is C6H5FPSe2-. The van der Waals surface area contributed by atoms with Crippen LogP contribution in [-0.2, 0) is 0 Å². The molecule has 0 aliphatic rings. The molecule has 0 N–H and O–H groups in total. The van der Waals surface area contributed by atoms with Crippen LogP contribution in [0.15, 0.2) is 30.3 Å². The number of benzene rings is 1. The van der Waals surface area contributed by atoms with E-state index < -0.39 is 4.51 Å². The quantitative estimate of drug-likeness (QED) is 0.540. The molecule has 0 radical (unpaired) electrons. The van der Waals surface area contributed by atoms with Crippen LogP contribution in [0.25, 0.3) is 0 Å². The molecule has 4 heteroatoms. The van der Waals surface area contributed by atoms with Crippen LogP contribution in [0, 0.1) is 0 Å². The fourth-order valence-corrected chi connectivity index (χ4v) is 2.67. The monoisotopic (exact) mass is 287 g/mol. The average Bonchev–Trinajstić information content (AvgIpc) is 1.88. The third-order valence-corrected chi connectivity index (χ3v) is 4.63. The second-order valence-electron chi connectivity index (χ2n) is 1.82. The zero-order chi connectivity index (χ0) is 7.61. The van der Waals surface area contributed by atoms with Crippen molar-refractivity contribution in [2.75, 3.05) is 0 Å². The summed E-state index contributed by atoms with van der Waals surface area (Å²) in [5.74, 6) is 0. The van der Waals surface area contributed by atoms with Crippen LogP contribution in [0.5, 0.6) is 0 Å². The molecule has 1 aromatic rings. The summed E-state index contributed by atoms with van der Waals surface area (Å²) in [5, 5.41) is 0.731. The van der Waals surface area contributed by atoms with E-state index >= 15 is 0 Å². The maximum absolute atomic E-state index is 13.1. The van der Waals surface area contributed by atoms with E-state index in [-0.39, 0.29) is 0 Å².